The number of benzene rings is 1. The molecule has 1 saturated heterocycles. The van der Waals surface area contributed by atoms with E-state index in [-0.39, 0.29) is 12.7 Å². The second-order valence-corrected chi connectivity index (χ2v) is 7.51. The predicted molar refractivity (Wildman–Crippen MR) is 105 cm³/mol. The highest BCUT2D eigenvalue weighted by Crippen LogP contribution is 2.18. The van der Waals surface area contributed by atoms with Gasteiger partial charge in [0.25, 0.3) is 0 Å². The summed E-state index contributed by atoms with van der Waals surface area (Å²) in [5.74, 6) is 0.772. The van der Waals surface area contributed by atoms with Gasteiger partial charge in [-0.15, -0.1) is 0 Å². The number of nitrogens with zero attached hydrogens (tertiary/aromatic N) is 1. The second kappa shape index (κ2) is 10.0. The van der Waals surface area contributed by atoms with Crippen molar-refractivity contribution in [1.82, 2.24) is 4.90 Å². The fraction of sp³-hybridized carbons (Fsp3) is 0.545. The number of furan rings is 1. The fourth-order valence-electron chi connectivity index (χ4n) is 3.59. The SMILES string of the molecule is Cc1ccc(CN(C[C@H](O)COCc2ccco2)C[C@@H]2CCCO2)c(C)c1. The quantitative estimate of drug-likeness (QED) is 0.691. The van der Waals surface area contributed by atoms with Crippen LogP contribution < -0.4 is 0 Å². The van der Waals surface area contributed by atoms with Gasteiger partial charge < -0.3 is 19.0 Å². The summed E-state index contributed by atoms with van der Waals surface area (Å²) in [7, 11) is 0. The Balaban J connectivity index is 1.54. The zero-order valence-corrected chi connectivity index (χ0v) is 16.4. The lowest BCUT2D eigenvalue weighted by atomic mass is 10.0. The molecule has 2 aromatic rings. The van der Waals surface area contributed by atoms with Crippen molar-refractivity contribution in [3.05, 3.63) is 59.0 Å². The third kappa shape index (κ3) is 6.47. The Hall–Kier alpha value is -1.66. The largest absolute Gasteiger partial charge is 0.467 e. The molecule has 5 nitrogen and oxygen atoms in total. The van der Waals surface area contributed by atoms with Gasteiger partial charge in [-0.1, -0.05) is 23.8 Å². The summed E-state index contributed by atoms with van der Waals surface area (Å²) in [4.78, 5) is 2.29. The van der Waals surface area contributed by atoms with Crippen molar-refractivity contribution in [2.45, 2.75) is 52.0 Å². The van der Waals surface area contributed by atoms with Crippen LogP contribution in [0.1, 0.15) is 35.3 Å². The summed E-state index contributed by atoms with van der Waals surface area (Å²) in [6, 6.07) is 10.3. The Morgan fingerprint density at radius 3 is 2.89 bits per heavy atom. The van der Waals surface area contributed by atoms with Crippen LogP contribution in [0.4, 0.5) is 0 Å². The molecule has 1 aliphatic rings. The first kappa shape index (κ1) is 20.1. The fourth-order valence-corrected chi connectivity index (χ4v) is 3.59. The molecule has 0 bridgehead atoms. The van der Waals surface area contributed by atoms with Crippen molar-refractivity contribution in [2.75, 3.05) is 26.3 Å². The molecule has 0 amide bonds. The van der Waals surface area contributed by atoms with Crippen LogP contribution >= 0.6 is 0 Å². The average Bonchev–Trinajstić information content (AvgIpc) is 3.31. The maximum Gasteiger partial charge on any atom is 0.129 e. The zero-order chi connectivity index (χ0) is 19.1. The molecule has 1 aliphatic heterocycles. The van der Waals surface area contributed by atoms with Crippen LogP contribution in [0.15, 0.2) is 41.0 Å². The minimum Gasteiger partial charge on any atom is -0.467 e. The molecular formula is C22H31NO4. The third-order valence-corrected chi connectivity index (χ3v) is 4.98. The Kier molecular flexibility index (Phi) is 7.47. The lowest BCUT2D eigenvalue weighted by Crippen LogP contribution is -2.39. The van der Waals surface area contributed by atoms with E-state index in [9.17, 15) is 5.11 Å². The molecule has 5 heteroatoms. The molecule has 1 N–H and O–H groups in total. The van der Waals surface area contributed by atoms with Gasteiger partial charge in [0, 0.05) is 26.2 Å². The number of aliphatic hydroxyl groups is 1. The van der Waals surface area contributed by atoms with E-state index in [1.807, 2.05) is 12.1 Å². The van der Waals surface area contributed by atoms with Crippen LogP contribution in [-0.2, 0) is 22.6 Å². The van der Waals surface area contributed by atoms with E-state index in [0.29, 0.717) is 13.2 Å². The number of aliphatic hydroxyl groups excluding tert-OH is 1. The number of aryl methyl sites for hydroxylation is 2. The zero-order valence-electron chi connectivity index (χ0n) is 16.4. The maximum atomic E-state index is 10.5. The second-order valence-electron chi connectivity index (χ2n) is 7.51. The van der Waals surface area contributed by atoms with Crippen molar-refractivity contribution >= 4 is 0 Å². The summed E-state index contributed by atoms with van der Waals surface area (Å²) in [6.45, 7) is 7.98. The van der Waals surface area contributed by atoms with Gasteiger partial charge in [0.15, 0.2) is 0 Å². The summed E-state index contributed by atoms with van der Waals surface area (Å²) in [5, 5.41) is 10.5. The maximum absolute atomic E-state index is 10.5. The van der Waals surface area contributed by atoms with Crippen LogP contribution in [0, 0.1) is 13.8 Å². The first-order valence-electron chi connectivity index (χ1n) is 9.78. The summed E-state index contributed by atoms with van der Waals surface area (Å²) < 4.78 is 16.7. The van der Waals surface area contributed by atoms with Gasteiger partial charge in [0.2, 0.25) is 0 Å². The van der Waals surface area contributed by atoms with Gasteiger partial charge in [0.1, 0.15) is 12.4 Å². The molecule has 0 unspecified atom stereocenters. The third-order valence-electron chi connectivity index (χ3n) is 4.98. The van der Waals surface area contributed by atoms with E-state index >= 15 is 0 Å². The lowest BCUT2D eigenvalue weighted by molar-refractivity contribution is -0.00639. The minimum absolute atomic E-state index is 0.256. The lowest BCUT2D eigenvalue weighted by Gasteiger charge is -2.28. The number of ether oxygens (including phenoxy) is 2. The molecule has 1 aromatic heterocycles. The Labute approximate surface area is 161 Å². The predicted octanol–water partition coefficient (Wildman–Crippen LogP) is 3.46. The highest BCUT2D eigenvalue weighted by molar-refractivity contribution is 5.30. The minimum atomic E-state index is -0.549. The molecule has 148 valence electrons. The van der Waals surface area contributed by atoms with Crippen molar-refractivity contribution in [3.63, 3.8) is 0 Å². The molecule has 3 rings (SSSR count). The highest BCUT2D eigenvalue weighted by Gasteiger charge is 2.21. The molecule has 0 aliphatic carbocycles. The van der Waals surface area contributed by atoms with Gasteiger partial charge in [-0.05, 0) is 49.9 Å². The molecule has 2 atom stereocenters. The normalized spacial score (nSPS) is 18.3. The number of rotatable bonds is 10. The van der Waals surface area contributed by atoms with E-state index < -0.39 is 6.10 Å². The van der Waals surface area contributed by atoms with Gasteiger partial charge in [-0.3, -0.25) is 4.90 Å². The molecule has 0 saturated carbocycles. The summed E-state index contributed by atoms with van der Waals surface area (Å²) in [6.07, 6.45) is 3.55. The highest BCUT2D eigenvalue weighted by atomic mass is 16.5. The molecular weight excluding hydrogens is 342 g/mol. The smallest absolute Gasteiger partial charge is 0.129 e. The van der Waals surface area contributed by atoms with Gasteiger partial charge in [-0.2, -0.15) is 0 Å². The summed E-state index contributed by atoms with van der Waals surface area (Å²) >= 11 is 0. The van der Waals surface area contributed by atoms with Crippen LogP contribution in [0.2, 0.25) is 0 Å². The van der Waals surface area contributed by atoms with E-state index in [0.717, 1.165) is 38.3 Å². The number of hydrogen-bond acceptors (Lipinski definition) is 5. The van der Waals surface area contributed by atoms with Crippen LogP contribution in [0.3, 0.4) is 0 Å². The first-order valence-corrected chi connectivity index (χ1v) is 9.78. The van der Waals surface area contributed by atoms with Crippen molar-refractivity contribution in [2.24, 2.45) is 0 Å². The van der Waals surface area contributed by atoms with Crippen molar-refractivity contribution < 1.29 is 19.0 Å². The van der Waals surface area contributed by atoms with Crippen molar-refractivity contribution in [3.8, 4) is 0 Å². The number of hydrogen-bond donors (Lipinski definition) is 1. The van der Waals surface area contributed by atoms with E-state index in [1.165, 1.54) is 16.7 Å². The average molecular weight is 373 g/mol. The molecule has 27 heavy (non-hydrogen) atoms. The monoisotopic (exact) mass is 373 g/mol. The molecule has 2 heterocycles. The molecule has 0 spiro atoms. The van der Waals surface area contributed by atoms with Gasteiger partial charge in [-0.25, -0.2) is 0 Å². The van der Waals surface area contributed by atoms with E-state index in [4.69, 9.17) is 13.9 Å². The van der Waals surface area contributed by atoms with Crippen LogP contribution in [-0.4, -0.2) is 48.5 Å². The topological polar surface area (TPSA) is 55.1 Å². The molecule has 1 aromatic carbocycles. The van der Waals surface area contributed by atoms with Gasteiger partial charge in [0.05, 0.1) is 25.1 Å². The Morgan fingerprint density at radius 1 is 1.30 bits per heavy atom. The Morgan fingerprint density at radius 2 is 2.19 bits per heavy atom. The van der Waals surface area contributed by atoms with Gasteiger partial charge >= 0.3 is 0 Å². The first-order chi connectivity index (χ1) is 13.1. The summed E-state index contributed by atoms with van der Waals surface area (Å²) in [5.41, 5.74) is 3.85. The Bertz CT molecular complexity index is 680. The standard InChI is InChI=1S/C22H31NO4/c1-17-7-8-19(18(2)11-17)12-23(14-21-5-3-9-26-21)13-20(24)15-25-16-22-6-4-10-27-22/h4,6-8,10-11,20-21,24H,3,5,9,12-16H2,1-2H3/t20-,21-/m0/s1. The van der Waals surface area contributed by atoms with Crippen molar-refractivity contribution in [1.29, 1.82) is 0 Å². The van der Waals surface area contributed by atoms with Crippen LogP contribution in [0.25, 0.3) is 0 Å². The van der Waals surface area contributed by atoms with E-state index in [1.54, 1.807) is 6.26 Å². The van der Waals surface area contributed by atoms with E-state index in [2.05, 4.69) is 36.9 Å². The van der Waals surface area contributed by atoms with Crippen LogP contribution in [0.5, 0.6) is 0 Å². The molecule has 0 radical (unpaired) electrons. The molecule has 1 fully saturated rings.